The third-order valence-electron chi connectivity index (χ3n) is 9.88. The first kappa shape index (κ1) is 46.8. The summed E-state index contributed by atoms with van der Waals surface area (Å²) in [7, 11) is 0. The van der Waals surface area contributed by atoms with Gasteiger partial charge < -0.3 is 19.7 Å². The van der Waals surface area contributed by atoms with Gasteiger partial charge in [0, 0.05) is 18.8 Å². The number of carbonyl (C=O) groups is 3. The van der Waals surface area contributed by atoms with Crippen LogP contribution in [-0.4, -0.2) is 53.4 Å². The third kappa shape index (κ3) is 28.0. The van der Waals surface area contributed by atoms with Crippen molar-refractivity contribution in [2.45, 2.75) is 199 Å². The van der Waals surface area contributed by atoms with Crippen LogP contribution in [0.2, 0.25) is 0 Å². The zero-order chi connectivity index (χ0) is 37.2. The molecule has 0 fully saturated rings. The van der Waals surface area contributed by atoms with Gasteiger partial charge in [-0.25, -0.2) is 0 Å². The summed E-state index contributed by atoms with van der Waals surface area (Å²) >= 11 is 0. The predicted molar refractivity (Wildman–Crippen MR) is 209 cm³/mol. The van der Waals surface area contributed by atoms with Gasteiger partial charge in [0.2, 0.25) is 0 Å². The quantitative estimate of drug-likeness (QED) is 0.0381. The number of allylic oxidation sites excluding steroid dienone is 5. The van der Waals surface area contributed by atoms with Gasteiger partial charge in [0.05, 0.1) is 6.10 Å². The Labute approximate surface area is 312 Å². The molecule has 0 saturated heterocycles. The SMILES string of the molecule is CCCCCCCCCCCCCCCCCCCCC(=O)OC[C@@H](O)COC(=O)CCC/C=C\C[C@H]1C=CC(=O)[C@@H]1/C=C/[C@@H](O)CCCCC. The van der Waals surface area contributed by atoms with Crippen LogP contribution in [-0.2, 0) is 23.9 Å². The van der Waals surface area contributed by atoms with E-state index in [2.05, 4.69) is 13.8 Å². The number of ether oxygens (including phenoxy) is 2. The zero-order valence-electron chi connectivity index (χ0n) is 32.7. The van der Waals surface area contributed by atoms with Crippen LogP contribution in [0.1, 0.15) is 187 Å². The molecule has 51 heavy (non-hydrogen) atoms. The van der Waals surface area contributed by atoms with E-state index in [1.165, 1.54) is 96.3 Å². The van der Waals surface area contributed by atoms with Gasteiger partial charge in [-0.3, -0.25) is 14.4 Å². The second kappa shape index (κ2) is 33.6. The van der Waals surface area contributed by atoms with Crippen LogP contribution in [0.25, 0.3) is 0 Å². The Morgan fingerprint density at radius 1 is 0.667 bits per heavy atom. The summed E-state index contributed by atoms with van der Waals surface area (Å²) in [5, 5.41) is 20.2. The molecular weight excluding hydrogens is 640 g/mol. The van der Waals surface area contributed by atoms with E-state index in [4.69, 9.17) is 9.47 Å². The fourth-order valence-corrected chi connectivity index (χ4v) is 6.55. The van der Waals surface area contributed by atoms with Gasteiger partial charge in [0.25, 0.3) is 0 Å². The first-order chi connectivity index (χ1) is 24.9. The van der Waals surface area contributed by atoms with E-state index in [9.17, 15) is 24.6 Å². The highest BCUT2D eigenvalue weighted by Crippen LogP contribution is 2.27. The van der Waals surface area contributed by atoms with Crippen LogP contribution in [0, 0.1) is 11.8 Å². The lowest BCUT2D eigenvalue weighted by molar-refractivity contribution is -0.152. The molecule has 0 bridgehead atoms. The fraction of sp³-hybridized carbons (Fsp3) is 0.795. The minimum absolute atomic E-state index is 0.0749. The minimum atomic E-state index is -1.03. The maximum atomic E-state index is 12.3. The summed E-state index contributed by atoms with van der Waals surface area (Å²) in [6.45, 7) is 4.05. The standard InChI is InChI=1S/C44H76O7/c1-3-5-7-8-9-10-11-12-13-14-15-16-17-18-19-20-21-26-30-43(48)50-36-40(46)37-51-44(49)31-27-23-22-25-28-38-32-35-42(47)41(38)34-33-39(45)29-24-6-4-2/h22,25,32-35,38-41,45-46H,3-21,23-24,26-31,36-37H2,1-2H3/b25-22-,34-33+/t38-,39-,40+,41+/m0/s1. The van der Waals surface area contributed by atoms with E-state index in [0.29, 0.717) is 19.3 Å². The molecule has 0 unspecified atom stereocenters. The van der Waals surface area contributed by atoms with Crippen molar-refractivity contribution in [2.75, 3.05) is 13.2 Å². The summed E-state index contributed by atoms with van der Waals surface area (Å²) in [5.41, 5.74) is 0. The second-order valence-corrected chi connectivity index (χ2v) is 14.8. The number of aliphatic hydroxyl groups excluding tert-OH is 2. The van der Waals surface area contributed by atoms with Gasteiger partial charge in [-0.15, -0.1) is 0 Å². The highest BCUT2D eigenvalue weighted by atomic mass is 16.6. The monoisotopic (exact) mass is 717 g/mol. The number of rotatable bonds is 35. The number of carbonyl (C=O) groups excluding carboxylic acids is 3. The summed E-state index contributed by atoms with van der Waals surface area (Å²) in [4.78, 5) is 36.4. The Balaban J connectivity index is 1.96. The number of esters is 2. The maximum absolute atomic E-state index is 12.3. The van der Waals surface area contributed by atoms with Crippen LogP contribution in [0.3, 0.4) is 0 Å². The molecule has 0 heterocycles. The van der Waals surface area contributed by atoms with Crippen molar-refractivity contribution in [2.24, 2.45) is 11.8 Å². The molecule has 7 nitrogen and oxygen atoms in total. The van der Waals surface area contributed by atoms with E-state index in [1.807, 2.05) is 24.3 Å². The lowest BCUT2D eigenvalue weighted by atomic mass is 9.90. The third-order valence-corrected chi connectivity index (χ3v) is 9.88. The average molecular weight is 717 g/mol. The van der Waals surface area contributed by atoms with Gasteiger partial charge in [-0.1, -0.05) is 173 Å². The van der Waals surface area contributed by atoms with Gasteiger partial charge in [0.1, 0.15) is 19.3 Å². The van der Waals surface area contributed by atoms with Crippen molar-refractivity contribution in [1.29, 1.82) is 0 Å². The smallest absolute Gasteiger partial charge is 0.305 e. The molecule has 294 valence electrons. The van der Waals surface area contributed by atoms with E-state index in [0.717, 1.165) is 51.4 Å². The Morgan fingerprint density at radius 2 is 1.14 bits per heavy atom. The number of hydrogen-bond acceptors (Lipinski definition) is 7. The molecule has 1 aliphatic rings. The molecule has 0 amide bonds. The molecule has 1 rings (SSSR count). The van der Waals surface area contributed by atoms with Crippen LogP contribution < -0.4 is 0 Å². The molecule has 4 atom stereocenters. The van der Waals surface area contributed by atoms with Crippen molar-refractivity contribution in [3.05, 3.63) is 36.5 Å². The summed E-state index contributed by atoms with van der Waals surface area (Å²) in [6.07, 6.45) is 39.7. The lowest BCUT2D eigenvalue weighted by Crippen LogP contribution is -2.25. The first-order valence-corrected chi connectivity index (χ1v) is 21.1. The van der Waals surface area contributed by atoms with Crippen LogP contribution in [0.5, 0.6) is 0 Å². The molecular formula is C44H76O7. The molecule has 0 aliphatic heterocycles. The van der Waals surface area contributed by atoms with E-state index in [-0.39, 0.29) is 49.2 Å². The molecule has 0 aromatic heterocycles. The van der Waals surface area contributed by atoms with E-state index >= 15 is 0 Å². The first-order valence-electron chi connectivity index (χ1n) is 21.1. The van der Waals surface area contributed by atoms with Crippen LogP contribution in [0.15, 0.2) is 36.5 Å². The highest BCUT2D eigenvalue weighted by Gasteiger charge is 2.27. The average Bonchev–Trinajstić information content (AvgIpc) is 3.48. The Kier molecular flexibility index (Phi) is 30.8. The molecule has 1 aliphatic carbocycles. The number of hydrogen-bond donors (Lipinski definition) is 2. The van der Waals surface area contributed by atoms with Crippen LogP contribution >= 0.6 is 0 Å². The second-order valence-electron chi connectivity index (χ2n) is 14.8. The number of unbranched alkanes of at least 4 members (excludes halogenated alkanes) is 20. The number of ketones is 1. The van der Waals surface area contributed by atoms with Crippen molar-refractivity contribution < 1.29 is 34.1 Å². The Bertz CT molecular complexity index is 955. The van der Waals surface area contributed by atoms with Gasteiger partial charge >= 0.3 is 11.9 Å². The summed E-state index contributed by atoms with van der Waals surface area (Å²) in [6, 6.07) is 0. The van der Waals surface area contributed by atoms with Crippen molar-refractivity contribution in [3.8, 4) is 0 Å². The molecule has 7 heteroatoms. The Hall–Kier alpha value is -2.25. The lowest BCUT2D eigenvalue weighted by Gasteiger charge is -2.13. The van der Waals surface area contributed by atoms with Gasteiger partial charge in [-0.05, 0) is 44.1 Å². The topological polar surface area (TPSA) is 110 Å². The van der Waals surface area contributed by atoms with Crippen molar-refractivity contribution in [1.82, 2.24) is 0 Å². The minimum Gasteiger partial charge on any atom is -0.463 e. The van der Waals surface area contributed by atoms with Crippen LogP contribution in [0.4, 0.5) is 0 Å². The predicted octanol–water partition coefficient (Wildman–Crippen LogP) is 10.9. The fourth-order valence-electron chi connectivity index (χ4n) is 6.55. The Morgan fingerprint density at radius 3 is 1.67 bits per heavy atom. The van der Waals surface area contributed by atoms with E-state index < -0.39 is 12.2 Å². The molecule has 0 radical (unpaired) electrons. The highest BCUT2D eigenvalue weighted by molar-refractivity contribution is 5.95. The normalized spacial score (nSPS) is 17.1. The van der Waals surface area contributed by atoms with E-state index in [1.54, 1.807) is 12.2 Å². The molecule has 0 saturated carbocycles. The molecule has 0 spiro atoms. The number of aliphatic hydroxyl groups is 2. The summed E-state index contributed by atoms with van der Waals surface area (Å²) < 4.78 is 10.3. The largest absolute Gasteiger partial charge is 0.463 e. The van der Waals surface area contributed by atoms with Crippen molar-refractivity contribution >= 4 is 17.7 Å². The van der Waals surface area contributed by atoms with Gasteiger partial charge in [-0.2, -0.15) is 0 Å². The molecule has 0 aromatic carbocycles. The zero-order valence-corrected chi connectivity index (χ0v) is 32.7. The van der Waals surface area contributed by atoms with Crippen molar-refractivity contribution in [3.63, 3.8) is 0 Å². The summed E-state index contributed by atoms with van der Waals surface area (Å²) in [5.74, 6) is -0.782. The van der Waals surface area contributed by atoms with Gasteiger partial charge in [0.15, 0.2) is 5.78 Å². The molecule has 2 N–H and O–H groups in total. The molecule has 0 aromatic rings. The maximum Gasteiger partial charge on any atom is 0.305 e.